The topological polar surface area (TPSA) is 38.7 Å². The Kier molecular flexibility index (Phi) is 7.45. The van der Waals surface area contributed by atoms with Gasteiger partial charge in [-0.1, -0.05) is 176 Å². The summed E-state index contributed by atoms with van der Waals surface area (Å²) in [5, 5.41) is 2.47. The van der Waals surface area contributed by atoms with Crippen LogP contribution in [0, 0.1) is 0 Å². The number of nitrogens with zero attached hydrogens (tertiary/aromatic N) is 3. The number of rotatable bonds is 4. The van der Waals surface area contributed by atoms with Crippen LogP contribution in [0.2, 0.25) is 0 Å². The summed E-state index contributed by atoms with van der Waals surface area (Å²) in [6.45, 7) is 0. The van der Waals surface area contributed by atoms with E-state index in [2.05, 4.69) is 193 Å². The van der Waals surface area contributed by atoms with Crippen molar-refractivity contribution in [2.24, 2.45) is 0 Å². The van der Waals surface area contributed by atoms with E-state index in [0.29, 0.717) is 5.82 Å². The van der Waals surface area contributed by atoms with Gasteiger partial charge in [0.25, 0.3) is 0 Å². The molecule has 59 heavy (non-hydrogen) atoms. The quantitative estimate of drug-likeness (QED) is 0.180. The van der Waals surface area contributed by atoms with E-state index in [1.165, 1.54) is 77.5 Å². The van der Waals surface area contributed by atoms with Gasteiger partial charge in [-0.05, 0) is 102 Å². The average Bonchev–Trinajstić information content (AvgIpc) is 3.56. The van der Waals surface area contributed by atoms with Gasteiger partial charge in [0, 0.05) is 29.1 Å². The summed E-state index contributed by atoms with van der Waals surface area (Å²) >= 11 is 0. The summed E-state index contributed by atoms with van der Waals surface area (Å²) in [7, 11) is 0. The first-order chi connectivity index (χ1) is 29.3. The lowest BCUT2D eigenvalue weighted by molar-refractivity contribution is 0.775. The normalized spacial score (nSPS) is 12.9. The first kappa shape index (κ1) is 33.4. The molecule has 10 aromatic rings. The maximum atomic E-state index is 5.28. The van der Waals surface area contributed by atoms with Crippen molar-refractivity contribution >= 4 is 10.8 Å². The molecule has 2 aromatic heterocycles. The van der Waals surface area contributed by atoms with Gasteiger partial charge >= 0.3 is 0 Å². The van der Waals surface area contributed by atoms with Gasteiger partial charge < -0.3 is 0 Å². The zero-order valence-corrected chi connectivity index (χ0v) is 32.0. The molecular formula is C56H35N3. The highest BCUT2D eigenvalue weighted by atomic mass is 14.9. The van der Waals surface area contributed by atoms with Gasteiger partial charge in [-0.15, -0.1) is 0 Å². The fraction of sp³-hybridized carbons (Fsp3) is 0.0179. The van der Waals surface area contributed by atoms with E-state index < -0.39 is 5.41 Å². The highest BCUT2D eigenvalue weighted by Crippen LogP contribution is 2.61. The van der Waals surface area contributed by atoms with Crippen LogP contribution in [-0.4, -0.2) is 15.0 Å². The third-order valence-corrected chi connectivity index (χ3v) is 12.4. The molecule has 0 unspecified atom stereocenters. The summed E-state index contributed by atoms with van der Waals surface area (Å²) in [6, 6.07) is 72.8. The second-order valence-corrected chi connectivity index (χ2v) is 15.5. The summed E-state index contributed by atoms with van der Waals surface area (Å²) in [5.74, 6) is 0.640. The number of hydrogen-bond acceptors (Lipinski definition) is 3. The minimum atomic E-state index is -0.528. The minimum absolute atomic E-state index is 0.528. The third kappa shape index (κ3) is 5.05. The largest absolute Gasteiger partial charge is 0.264 e. The van der Waals surface area contributed by atoms with Crippen LogP contribution in [0.4, 0.5) is 0 Å². The van der Waals surface area contributed by atoms with E-state index in [1.54, 1.807) is 6.20 Å². The Morgan fingerprint density at radius 1 is 0.322 bits per heavy atom. The standard InChI is InChI=1S/C56H35N3/c1-2-16-41-36(13-1)14-11-22-42(41)37-26-28-38(29-27-37)53-34-54(59-55(58-53)40-15-12-32-57-35-40)39-30-31-52-48(33-39)44-18-4-3-17-43(44)45-19-5-8-23-49(45)56(52)50-24-9-6-20-46(50)47-21-7-10-25-51(47)56/h1-35H. The molecule has 274 valence electrons. The molecule has 0 saturated heterocycles. The van der Waals surface area contributed by atoms with E-state index in [1.807, 2.05) is 18.3 Å². The lowest BCUT2D eigenvalue weighted by Gasteiger charge is -2.35. The van der Waals surface area contributed by atoms with Crippen molar-refractivity contribution in [1.29, 1.82) is 0 Å². The molecule has 0 radical (unpaired) electrons. The molecule has 2 aliphatic rings. The predicted molar refractivity (Wildman–Crippen MR) is 241 cm³/mol. The highest BCUT2D eigenvalue weighted by Gasteiger charge is 2.49. The Labute approximate surface area is 343 Å². The number of pyridine rings is 1. The van der Waals surface area contributed by atoms with Crippen LogP contribution >= 0.6 is 0 Å². The second kappa shape index (κ2) is 13.2. The van der Waals surface area contributed by atoms with E-state index in [-0.39, 0.29) is 0 Å². The molecule has 0 aliphatic heterocycles. The molecule has 0 fully saturated rings. The minimum Gasteiger partial charge on any atom is -0.264 e. The van der Waals surface area contributed by atoms with Gasteiger partial charge in [-0.2, -0.15) is 0 Å². The molecule has 1 spiro atoms. The molecule has 2 aliphatic carbocycles. The monoisotopic (exact) mass is 749 g/mol. The summed E-state index contributed by atoms with van der Waals surface area (Å²) < 4.78 is 0. The Morgan fingerprint density at radius 2 is 0.831 bits per heavy atom. The first-order valence-electron chi connectivity index (χ1n) is 20.2. The van der Waals surface area contributed by atoms with E-state index >= 15 is 0 Å². The summed E-state index contributed by atoms with van der Waals surface area (Å²) in [6.07, 6.45) is 3.63. The SMILES string of the molecule is c1cncc(-c2nc(-c3ccc(-c4cccc5ccccc45)cc3)cc(-c3ccc4c(c3)-c3ccccc3-c3ccccc3C43c4ccccc4-c4ccccc43)n2)c1. The number of hydrogen-bond donors (Lipinski definition) is 0. The molecule has 0 atom stereocenters. The van der Waals surface area contributed by atoms with Crippen molar-refractivity contribution in [3.05, 3.63) is 235 Å². The van der Waals surface area contributed by atoms with Crippen LogP contribution in [-0.2, 0) is 5.41 Å². The molecule has 3 heteroatoms. The van der Waals surface area contributed by atoms with Crippen molar-refractivity contribution in [3.63, 3.8) is 0 Å². The van der Waals surface area contributed by atoms with Crippen molar-refractivity contribution < 1.29 is 0 Å². The molecule has 12 rings (SSSR count). The summed E-state index contributed by atoms with van der Waals surface area (Å²) in [5.41, 5.74) is 19.1. The van der Waals surface area contributed by atoms with Crippen molar-refractivity contribution in [1.82, 2.24) is 15.0 Å². The van der Waals surface area contributed by atoms with E-state index in [9.17, 15) is 0 Å². The number of benzene rings is 8. The molecule has 0 amide bonds. The molecule has 8 aromatic carbocycles. The lowest BCUT2D eigenvalue weighted by Crippen LogP contribution is -2.29. The Balaban J connectivity index is 1.08. The van der Waals surface area contributed by atoms with Crippen molar-refractivity contribution in [2.45, 2.75) is 5.41 Å². The highest BCUT2D eigenvalue weighted by molar-refractivity contribution is 5.99. The molecule has 3 nitrogen and oxygen atoms in total. The van der Waals surface area contributed by atoms with Crippen LogP contribution in [0.15, 0.2) is 213 Å². The fourth-order valence-electron chi connectivity index (χ4n) is 9.88. The zero-order valence-electron chi connectivity index (χ0n) is 32.0. The molecule has 2 heterocycles. The smallest absolute Gasteiger partial charge is 0.161 e. The van der Waals surface area contributed by atoms with Crippen molar-refractivity contribution in [3.8, 4) is 78.4 Å². The molecule has 0 bridgehead atoms. The Hall–Kier alpha value is -7.75. The van der Waals surface area contributed by atoms with Crippen LogP contribution in [0.1, 0.15) is 22.3 Å². The Bertz CT molecular complexity index is 3220. The van der Waals surface area contributed by atoms with Gasteiger partial charge in [-0.25, -0.2) is 9.97 Å². The van der Waals surface area contributed by atoms with Crippen LogP contribution < -0.4 is 0 Å². The third-order valence-electron chi connectivity index (χ3n) is 12.4. The fourth-order valence-corrected chi connectivity index (χ4v) is 9.88. The molecule has 0 saturated carbocycles. The predicted octanol–water partition coefficient (Wildman–Crippen LogP) is 13.7. The second-order valence-electron chi connectivity index (χ2n) is 15.5. The van der Waals surface area contributed by atoms with Crippen LogP contribution in [0.25, 0.3) is 89.2 Å². The maximum Gasteiger partial charge on any atom is 0.161 e. The Morgan fingerprint density at radius 3 is 1.51 bits per heavy atom. The van der Waals surface area contributed by atoms with Gasteiger partial charge in [0.15, 0.2) is 5.82 Å². The lowest BCUT2D eigenvalue weighted by atomic mass is 9.66. The summed E-state index contributed by atoms with van der Waals surface area (Å²) in [4.78, 5) is 14.9. The molecule has 0 N–H and O–H groups in total. The van der Waals surface area contributed by atoms with Gasteiger partial charge in [-0.3, -0.25) is 4.98 Å². The van der Waals surface area contributed by atoms with Crippen LogP contribution in [0.3, 0.4) is 0 Å². The number of aromatic nitrogens is 3. The van der Waals surface area contributed by atoms with Gasteiger partial charge in [0.1, 0.15) is 0 Å². The average molecular weight is 750 g/mol. The van der Waals surface area contributed by atoms with Gasteiger partial charge in [0.2, 0.25) is 0 Å². The van der Waals surface area contributed by atoms with E-state index in [4.69, 9.17) is 9.97 Å². The maximum absolute atomic E-state index is 5.28. The number of fused-ring (bicyclic) bond motifs is 13. The first-order valence-corrected chi connectivity index (χ1v) is 20.2. The van der Waals surface area contributed by atoms with E-state index in [0.717, 1.165) is 28.1 Å². The van der Waals surface area contributed by atoms with Crippen molar-refractivity contribution in [2.75, 3.05) is 0 Å². The molecular weight excluding hydrogens is 715 g/mol. The zero-order chi connectivity index (χ0) is 38.9. The van der Waals surface area contributed by atoms with Gasteiger partial charge in [0.05, 0.1) is 16.8 Å². The van der Waals surface area contributed by atoms with Crippen LogP contribution in [0.5, 0.6) is 0 Å².